The molecule has 0 spiro atoms. The van der Waals surface area contributed by atoms with Crippen LogP contribution in [0.2, 0.25) is 0 Å². The van der Waals surface area contributed by atoms with Crippen molar-refractivity contribution in [2.75, 3.05) is 19.8 Å². The third-order valence-electron chi connectivity index (χ3n) is 6.50. The highest BCUT2D eigenvalue weighted by atomic mass is 127. The highest BCUT2D eigenvalue weighted by Crippen LogP contribution is 2.36. The molecule has 0 unspecified atom stereocenters. The lowest BCUT2D eigenvalue weighted by molar-refractivity contribution is -0.138. The van der Waals surface area contributed by atoms with Crippen molar-refractivity contribution in [2.24, 2.45) is 4.99 Å². The van der Waals surface area contributed by atoms with Crippen LogP contribution in [0.1, 0.15) is 36.6 Å². The van der Waals surface area contributed by atoms with Gasteiger partial charge in [-0.2, -0.15) is 0 Å². The normalized spacial score (nSPS) is 14.5. The van der Waals surface area contributed by atoms with Gasteiger partial charge in [0.1, 0.15) is 18.1 Å². The van der Waals surface area contributed by atoms with Crippen LogP contribution in [0.5, 0.6) is 11.5 Å². The monoisotopic (exact) mass is 816 g/mol. The molecule has 0 saturated heterocycles. The van der Waals surface area contributed by atoms with Crippen molar-refractivity contribution < 1.29 is 19.0 Å². The Morgan fingerprint density at radius 1 is 1.07 bits per heavy atom. The number of hydrogen-bond donors (Lipinski definition) is 0. The summed E-state index contributed by atoms with van der Waals surface area (Å²) in [6, 6.07) is 20.0. The summed E-state index contributed by atoms with van der Waals surface area (Å²) in [6.45, 7) is 4.46. The molecule has 1 aliphatic heterocycles. The fourth-order valence-corrected chi connectivity index (χ4v) is 7.80. The summed E-state index contributed by atoms with van der Waals surface area (Å²) in [5.41, 5.74) is 2.67. The van der Waals surface area contributed by atoms with Crippen molar-refractivity contribution in [3.8, 4) is 23.8 Å². The first-order chi connectivity index (χ1) is 20.9. The molecule has 0 bridgehead atoms. The summed E-state index contributed by atoms with van der Waals surface area (Å²) >= 11 is 5.69. The van der Waals surface area contributed by atoms with Crippen molar-refractivity contribution in [1.82, 2.24) is 4.57 Å². The topological polar surface area (TPSA) is 79.1 Å². The van der Waals surface area contributed by atoms with Crippen LogP contribution in [0.3, 0.4) is 0 Å². The maximum atomic E-state index is 14.2. The zero-order chi connectivity index (χ0) is 30.5. The van der Waals surface area contributed by atoms with Crippen molar-refractivity contribution >= 4 is 74.3 Å². The van der Waals surface area contributed by atoms with Crippen LogP contribution < -0.4 is 24.4 Å². The van der Waals surface area contributed by atoms with Crippen molar-refractivity contribution in [3.05, 3.63) is 116 Å². The Hall–Kier alpha value is -3.41. The van der Waals surface area contributed by atoms with E-state index in [4.69, 9.17) is 25.6 Å². The van der Waals surface area contributed by atoms with E-state index in [1.807, 2.05) is 73.7 Å². The number of ether oxygens (including phenoxy) is 3. The minimum Gasteiger partial charge on any atom is -0.494 e. The molecule has 7 nitrogen and oxygen atoms in total. The number of thiazole rings is 1. The Kier molecular flexibility index (Phi) is 10.0. The lowest BCUT2D eigenvalue weighted by atomic mass is 9.93. The molecule has 1 aliphatic rings. The smallest absolute Gasteiger partial charge is 0.338 e. The zero-order valence-corrected chi connectivity index (χ0v) is 28.4. The number of hydrogen-bond acceptors (Lipinski definition) is 7. The van der Waals surface area contributed by atoms with E-state index < -0.39 is 12.0 Å². The number of esters is 1. The van der Waals surface area contributed by atoms with E-state index in [0.29, 0.717) is 33.1 Å². The van der Waals surface area contributed by atoms with Gasteiger partial charge in [-0.25, -0.2) is 9.79 Å². The van der Waals surface area contributed by atoms with Crippen molar-refractivity contribution in [2.45, 2.75) is 19.9 Å². The van der Waals surface area contributed by atoms with Gasteiger partial charge in [-0.15, -0.1) is 6.42 Å². The molecule has 0 fully saturated rings. The molecule has 0 radical (unpaired) electrons. The number of aromatic nitrogens is 1. The zero-order valence-electron chi connectivity index (χ0n) is 23.3. The molecule has 2 heterocycles. The Morgan fingerprint density at radius 2 is 1.81 bits per heavy atom. The van der Waals surface area contributed by atoms with Gasteiger partial charge >= 0.3 is 5.97 Å². The summed E-state index contributed by atoms with van der Waals surface area (Å²) in [5.74, 6) is 3.27. The standard InChI is InChI=1S/C33H26I2N2O5S/c1-4-16-42-30-22(17-23(34)19-25(30)35)18-26-31(38)37-29(21-12-14-24(15-13-21)40-5-2)27(32(39)41-6-3)28(36-33(37)43-26)20-10-8-7-9-11-20/h1,7-15,17-19,29H,5-6,16H2,2-3H3/b26-18-/t29-/m0/s1. The Morgan fingerprint density at radius 3 is 2.49 bits per heavy atom. The highest BCUT2D eigenvalue weighted by molar-refractivity contribution is 14.1. The van der Waals surface area contributed by atoms with E-state index in [0.717, 1.165) is 23.8 Å². The SMILES string of the molecule is C#CCOc1c(I)cc(I)cc1/C=c1\sc2n(c1=O)[C@@H](c1ccc(OCC)cc1)C(C(=O)OCC)=C(c1ccccc1)N=2. The van der Waals surface area contributed by atoms with Crippen molar-refractivity contribution in [1.29, 1.82) is 0 Å². The van der Waals surface area contributed by atoms with Gasteiger partial charge in [0.15, 0.2) is 4.80 Å². The van der Waals surface area contributed by atoms with E-state index in [2.05, 4.69) is 51.1 Å². The van der Waals surface area contributed by atoms with Crippen LogP contribution in [0.4, 0.5) is 0 Å². The second-order valence-corrected chi connectivity index (χ2v) is 12.6. The van der Waals surface area contributed by atoms with E-state index in [1.165, 1.54) is 11.3 Å². The first-order valence-electron chi connectivity index (χ1n) is 13.4. The molecule has 5 rings (SSSR count). The maximum Gasteiger partial charge on any atom is 0.338 e. The summed E-state index contributed by atoms with van der Waals surface area (Å²) in [4.78, 5) is 33.3. The summed E-state index contributed by atoms with van der Waals surface area (Å²) in [7, 11) is 0. The number of carbonyl (C=O) groups is 1. The minimum atomic E-state index is -0.781. The van der Waals surface area contributed by atoms with Crippen LogP contribution in [0.25, 0.3) is 11.8 Å². The van der Waals surface area contributed by atoms with Gasteiger partial charge in [0.25, 0.3) is 5.56 Å². The Labute approximate surface area is 280 Å². The Balaban J connectivity index is 1.80. The summed E-state index contributed by atoms with van der Waals surface area (Å²) in [6.07, 6.45) is 7.26. The second-order valence-electron chi connectivity index (χ2n) is 9.23. The van der Waals surface area contributed by atoms with Crippen LogP contribution in [-0.2, 0) is 9.53 Å². The van der Waals surface area contributed by atoms with E-state index >= 15 is 0 Å². The molecule has 0 amide bonds. The second kappa shape index (κ2) is 13.9. The van der Waals surface area contributed by atoms with Gasteiger partial charge in [0.2, 0.25) is 0 Å². The van der Waals surface area contributed by atoms with Crippen molar-refractivity contribution in [3.63, 3.8) is 0 Å². The van der Waals surface area contributed by atoms with Gasteiger partial charge < -0.3 is 14.2 Å². The summed E-state index contributed by atoms with van der Waals surface area (Å²) in [5, 5.41) is 0. The lowest BCUT2D eigenvalue weighted by Crippen LogP contribution is -2.40. The number of fused-ring (bicyclic) bond motifs is 1. The third-order valence-corrected chi connectivity index (χ3v) is 8.91. The number of rotatable bonds is 9. The number of halogens is 2. The van der Waals surface area contributed by atoms with Gasteiger partial charge in [0, 0.05) is 14.7 Å². The molecular weight excluding hydrogens is 790 g/mol. The fraction of sp³-hybridized carbons (Fsp3) is 0.182. The largest absolute Gasteiger partial charge is 0.494 e. The van der Waals surface area contributed by atoms with Gasteiger partial charge in [-0.1, -0.05) is 59.7 Å². The lowest BCUT2D eigenvalue weighted by Gasteiger charge is -2.26. The van der Waals surface area contributed by atoms with Crippen LogP contribution >= 0.6 is 56.5 Å². The fourth-order valence-electron chi connectivity index (χ4n) is 4.76. The van der Waals surface area contributed by atoms with E-state index in [1.54, 1.807) is 17.6 Å². The average molecular weight is 816 g/mol. The highest BCUT2D eigenvalue weighted by Gasteiger charge is 2.35. The molecule has 4 aromatic rings. The first kappa shape index (κ1) is 31.0. The molecule has 0 aliphatic carbocycles. The van der Waals surface area contributed by atoms with Gasteiger partial charge in [0.05, 0.1) is 38.6 Å². The van der Waals surface area contributed by atoms with Crippen LogP contribution in [0, 0.1) is 19.5 Å². The predicted molar refractivity (Wildman–Crippen MR) is 185 cm³/mol. The number of benzene rings is 3. The predicted octanol–water partition coefficient (Wildman–Crippen LogP) is 5.56. The average Bonchev–Trinajstić information content (AvgIpc) is 3.31. The molecule has 218 valence electrons. The Bertz CT molecular complexity index is 1920. The molecule has 3 aromatic carbocycles. The summed E-state index contributed by atoms with van der Waals surface area (Å²) < 4.78 is 20.9. The van der Waals surface area contributed by atoms with Crippen LogP contribution in [-0.4, -0.2) is 30.4 Å². The van der Waals surface area contributed by atoms with Gasteiger partial charge in [-0.05, 0) is 94.9 Å². The quantitative estimate of drug-likeness (QED) is 0.126. The number of carbonyl (C=O) groups excluding carboxylic acids is 1. The van der Waals surface area contributed by atoms with Crippen LogP contribution in [0.15, 0.2) is 82.1 Å². The van der Waals surface area contributed by atoms with E-state index in [-0.39, 0.29) is 24.3 Å². The molecular formula is C33H26I2N2O5S. The minimum absolute atomic E-state index is 0.0970. The van der Waals surface area contributed by atoms with Gasteiger partial charge in [-0.3, -0.25) is 9.36 Å². The first-order valence-corrected chi connectivity index (χ1v) is 16.4. The maximum absolute atomic E-state index is 14.2. The third kappa shape index (κ3) is 6.58. The molecule has 1 atom stereocenters. The number of nitrogens with zero attached hydrogens (tertiary/aromatic N) is 2. The molecule has 10 heteroatoms. The molecule has 1 aromatic heterocycles. The molecule has 0 N–H and O–H groups in total. The number of terminal acetylenes is 1. The molecule has 43 heavy (non-hydrogen) atoms. The van der Waals surface area contributed by atoms with E-state index in [9.17, 15) is 9.59 Å². The molecule has 0 saturated carbocycles.